The summed E-state index contributed by atoms with van der Waals surface area (Å²) in [5.74, 6) is 3.60. The number of anilines is 1. The Bertz CT molecular complexity index is 427. The fraction of sp³-hybridized carbons (Fsp3) is 0.846. The van der Waals surface area contributed by atoms with Gasteiger partial charge in [0, 0.05) is 12.5 Å². The second-order valence-corrected chi connectivity index (χ2v) is 6.64. The molecule has 4 saturated carbocycles. The van der Waals surface area contributed by atoms with E-state index in [1.54, 1.807) is 4.68 Å². The largest absolute Gasteiger partial charge is 0.382 e. The second-order valence-electron chi connectivity index (χ2n) is 6.64. The van der Waals surface area contributed by atoms with Gasteiger partial charge < -0.3 is 5.73 Å². The lowest BCUT2D eigenvalue weighted by Gasteiger charge is -2.56. The van der Waals surface area contributed by atoms with Crippen molar-refractivity contribution in [3.63, 3.8) is 0 Å². The van der Waals surface area contributed by atoms with Gasteiger partial charge in [0.15, 0.2) is 0 Å². The van der Waals surface area contributed by atoms with Gasteiger partial charge in [-0.2, -0.15) is 0 Å². The Kier molecular flexibility index (Phi) is 1.77. The lowest BCUT2D eigenvalue weighted by molar-refractivity contribution is -0.00688. The number of aromatic nitrogens is 3. The monoisotopic (exact) mass is 232 g/mol. The highest BCUT2D eigenvalue weighted by Gasteiger charge is 2.53. The van der Waals surface area contributed by atoms with Crippen LogP contribution in [0.1, 0.15) is 44.2 Å². The van der Waals surface area contributed by atoms with Crippen LogP contribution in [0.25, 0.3) is 0 Å². The molecule has 4 aliphatic rings. The molecule has 0 aromatic carbocycles. The summed E-state index contributed by atoms with van der Waals surface area (Å²) in [4.78, 5) is 0. The van der Waals surface area contributed by atoms with E-state index < -0.39 is 0 Å². The number of hydrogen-bond acceptors (Lipinski definition) is 3. The van der Waals surface area contributed by atoms with Gasteiger partial charge in [-0.3, -0.25) is 0 Å². The topological polar surface area (TPSA) is 56.7 Å². The molecule has 1 aromatic heterocycles. The Morgan fingerprint density at radius 1 is 1.12 bits per heavy atom. The lowest BCUT2D eigenvalue weighted by Crippen LogP contribution is -2.49. The Labute approximate surface area is 102 Å². The maximum Gasteiger partial charge on any atom is 0.145 e. The Morgan fingerprint density at radius 3 is 2.06 bits per heavy atom. The van der Waals surface area contributed by atoms with Crippen LogP contribution in [-0.4, -0.2) is 15.0 Å². The van der Waals surface area contributed by atoms with Gasteiger partial charge in [-0.25, -0.2) is 4.68 Å². The van der Waals surface area contributed by atoms with Crippen molar-refractivity contribution in [2.45, 2.75) is 43.9 Å². The number of aryl methyl sites for hydroxylation is 1. The molecule has 17 heavy (non-hydrogen) atoms. The first-order valence-corrected chi connectivity index (χ1v) is 6.82. The number of nitrogens with two attached hydrogens (primary N) is 1. The van der Waals surface area contributed by atoms with Gasteiger partial charge in [0.1, 0.15) is 11.5 Å². The SMILES string of the molecule is Cn1nnc(C23CC4CC(CC(C4)C2)C3)c1N. The van der Waals surface area contributed by atoms with E-state index in [2.05, 4.69) is 10.3 Å². The molecule has 4 nitrogen and oxygen atoms in total. The zero-order valence-electron chi connectivity index (χ0n) is 10.4. The predicted molar refractivity (Wildman–Crippen MR) is 65.3 cm³/mol. The van der Waals surface area contributed by atoms with E-state index in [1.807, 2.05) is 7.05 Å². The molecule has 4 fully saturated rings. The van der Waals surface area contributed by atoms with E-state index in [1.165, 1.54) is 38.5 Å². The number of hydrogen-bond donors (Lipinski definition) is 1. The third kappa shape index (κ3) is 1.24. The molecule has 2 N–H and O–H groups in total. The minimum atomic E-state index is 0.285. The van der Waals surface area contributed by atoms with Crippen LogP contribution in [0.5, 0.6) is 0 Å². The summed E-state index contributed by atoms with van der Waals surface area (Å²) in [7, 11) is 1.90. The van der Waals surface area contributed by atoms with Crippen LogP contribution >= 0.6 is 0 Å². The summed E-state index contributed by atoms with van der Waals surface area (Å²) < 4.78 is 1.73. The zero-order valence-corrected chi connectivity index (χ0v) is 10.4. The van der Waals surface area contributed by atoms with Gasteiger partial charge >= 0.3 is 0 Å². The molecule has 0 saturated heterocycles. The first-order chi connectivity index (χ1) is 8.16. The van der Waals surface area contributed by atoms with Crippen molar-refractivity contribution in [2.75, 3.05) is 5.73 Å². The van der Waals surface area contributed by atoms with Crippen LogP contribution < -0.4 is 5.73 Å². The molecule has 0 amide bonds. The minimum absolute atomic E-state index is 0.285. The highest BCUT2D eigenvalue weighted by atomic mass is 15.4. The molecular weight excluding hydrogens is 212 g/mol. The summed E-state index contributed by atoms with van der Waals surface area (Å²) >= 11 is 0. The Hall–Kier alpha value is -1.06. The molecule has 1 heterocycles. The third-order valence-corrected chi connectivity index (χ3v) is 5.41. The highest BCUT2D eigenvalue weighted by Crippen LogP contribution is 2.60. The summed E-state index contributed by atoms with van der Waals surface area (Å²) in [6.45, 7) is 0. The number of nitrogen functional groups attached to an aromatic ring is 1. The summed E-state index contributed by atoms with van der Waals surface area (Å²) in [5.41, 5.74) is 7.56. The first-order valence-electron chi connectivity index (χ1n) is 6.82. The maximum atomic E-state index is 6.16. The van der Waals surface area contributed by atoms with Crippen LogP contribution in [0.2, 0.25) is 0 Å². The van der Waals surface area contributed by atoms with Crippen molar-refractivity contribution in [3.8, 4) is 0 Å². The van der Waals surface area contributed by atoms with Crippen LogP contribution in [-0.2, 0) is 12.5 Å². The fourth-order valence-corrected chi connectivity index (χ4v) is 5.14. The number of nitrogens with zero attached hydrogens (tertiary/aromatic N) is 3. The first kappa shape index (κ1) is 9.92. The van der Waals surface area contributed by atoms with Crippen molar-refractivity contribution in [3.05, 3.63) is 5.69 Å². The number of rotatable bonds is 1. The molecule has 1 aromatic rings. The van der Waals surface area contributed by atoms with Gasteiger partial charge in [0.25, 0.3) is 0 Å². The normalized spacial score (nSPS) is 43.2. The molecule has 4 heteroatoms. The van der Waals surface area contributed by atoms with Gasteiger partial charge in [-0.05, 0) is 56.3 Å². The molecular formula is C13H20N4. The summed E-state index contributed by atoms with van der Waals surface area (Å²) in [6.07, 6.45) is 8.30. The summed E-state index contributed by atoms with van der Waals surface area (Å²) in [6, 6.07) is 0. The Balaban J connectivity index is 1.80. The molecule has 4 bridgehead atoms. The van der Waals surface area contributed by atoms with E-state index in [-0.39, 0.29) is 5.41 Å². The zero-order chi connectivity index (χ0) is 11.6. The van der Waals surface area contributed by atoms with Crippen molar-refractivity contribution in [2.24, 2.45) is 24.8 Å². The average Bonchev–Trinajstić information content (AvgIpc) is 2.58. The molecule has 5 rings (SSSR count). The van der Waals surface area contributed by atoms with Crippen molar-refractivity contribution < 1.29 is 0 Å². The molecule has 0 aliphatic heterocycles. The van der Waals surface area contributed by atoms with Crippen LogP contribution in [0.15, 0.2) is 0 Å². The van der Waals surface area contributed by atoms with Crippen LogP contribution in [0.3, 0.4) is 0 Å². The highest BCUT2D eigenvalue weighted by molar-refractivity contribution is 5.41. The minimum Gasteiger partial charge on any atom is -0.382 e. The van der Waals surface area contributed by atoms with Gasteiger partial charge in [0.05, 0.1) is 0 Å². The van der Waals surface area contributed by atoms with Gasteiger partial charge in [0.2, 0.25) is 0 Å². The third-order valence-electron chi connectivity index (χ3n) is 5.41. The van der Waals surface area contributed by atoms with E-state index in [0.717, 1.165) is 29.3 Å². The van der Waals surface area contributed by atoms with Crippen molar-refractivity contribution in [1.29, 1.82) is 0 Å². The standard InChI is InChI=1S/C13H20N4/c1-17-12(14)11(15-16-17)13-5-8-2-9(6-13)4-10(3-8)7-13/h8-10H,2-7,14H2,1H3. The molecule has 0 atom stereocenters. The lowest BCUT2D eigenvalue weighted by atomic mass is 9.49. The predicted octanol–water partition coefficient (Wildman–Crippen LogP) is 1.87. The van der Waals surface area contributed by atoms with E-state index in [0.29, 0.717) is 0 Å². The molecule has 0 unspecified atom stereocenters. The van der Waals surface area contributed by atoms with Crippen LogP contribution in [0, 0.1) is 17.8 Å². The molecule has 0 radical (unpaired) electrons. The smallest absolute Gasteiger partial charge is 0.145 e. The van der Waals surface area contributed by atoms with Gasteiger partial charge in [-0.15, -0.1) is 5.10 Å². The van der Waals surface area contributed by atoms with E-state index in [4.69, 9.17) is 5.73 Å². The van der Waals surface area contributed by atoms with Crippen molar-refractivity contribution in [1.82, 2.24) is 15.0 Å². The molecule has 4 aliphatic carbocycles. The maximum absolute atomic E-state index is 6.16. The Morgan fingerprint density at radius 2 is 1.65 bits per heavy atom. The molecule has 92 valence electrons. The van der Waals surface area contributed by atoms with E-state index in [9.17, 15) is 0 Å². The van der Waals surface area contributed by atoms with Crippen molar-refractivity contribution >= 4 is 5.82 Å². The second kappa shape index (κ2) is 3.03. The van der Waals surface area contributed by atoms with E-state index >= 15 is 0 Å². The fourth-order valence-electron chi connectivity index (χ4n) is 5.14. The van der Waals surface area contributed by atoms with Crippen LogP contribution in [0.4, 0.5) is 5.82 Å². The molecule has 0 spiro atoms. The van der Waals surface area contributed by atoms with Gasteiger partial charge in [-0.1, -0.05) is 5.21 Å². The quantitative estimate of drug-likeness (QED) is 0.804. The summed E-state index contributed by atoms with van der Waals surface area (Å²) in [5, 5.41) is 8.51. The average molecular weight is 232 g/mol.